The maximum atomic E-state index is 12.8. The number of nitrogens with zero attached hydrogens (tertiary/aromatic N) is 1. The molecule has 0 saturated carbocycles. The van der Waals surface area contributed by atoms with Gasteiger partial charge in [-0.2, -0.15) is 25.3 Å². The molecule has 0 aromatic heterocycles. The van der Waals surface area contributed by atoms with Crippen molar-refractivity contribution in [3.05, 3.63) is 35.5 Å². The molecule has 0 unspecified atom stereocenters. The first-order valence-corrected chi connectivity index (χ1v) is 13.8. The third-order valence-electron chi connectivity index (χ3n) is 5.06. The fourth-order valence-electron chi connectivity index (χ4n) is 3.49. The van der Waals surface area contributed by atoms with E-state index in [1.807, 2.05) is 0 Å². The van der Waals surface area contributed by atoms with Crippen molar-refractivity contribution < 1.29 is 58.3 Å². The Kier molecular flexibility index (Phi) is 7.16. The second-order valence-electron chi connectivity index (χ2n) is 7.34. The molecular weight excluding hydrogens is 548 g/mol. The molecule has 1 heterocycles. The van der Waals surface area contributed by atoms with E-state index in [0.29, 0.717) is 18.2 Å². The number of aliphatic hydroxyl groups is 1. The zero-order valence-electron chi connectivity index (χ0n) is 18.1. The van der Waals surface area contributed by atoms with E-state index >= 15 is 0 Å². The second kappa shape index (κ2) is 9.39. The van der Waals surface area contributed by atoms with Gasteiger partial charge in [0, 0.05) is 11.9 Å². The Balaban J connectivity index is 2.37. The summed E-state index contributed by atoms with van der Waals surface area (Å²) >= 11 is 0. The Morgan fingerprint density at radius 1 is 0.972 bits per heavy atom. The number of ether oxygens (including phenoxy) is 1. The molecule has 1 aliphatic heterocycles. The highest BCUT2D eigenvalue weighted by Crippen LogP contribution is 2.35. The molecule has 196 valence electrons. The first-order valence-electron chi connectivity index (χ1n) is 9.52. The summed E-state index contributed by atoms with van der Waals surface area (Å²) in [6.07, 6.45) is 0. The number of esters is 1. The smallest absolute Gasteiger partial charge is 0.337 e. The Hall–Kier alpha value is -3.13. The number of benzene rings is 2. The predicted molar refractivity (Wildman–Crippen MR) is 120 cm³/mol. The number of amides is 1. The first-order chi connectivity index (χ1) is 16.5. The van der Waals surface area contributed by atoms with Crippen molar-refractivity contribution in [1.29, 1.82) is 0 Å². The summed E-state index contributed by atoms with van der Waals surface area (Å²) in [6, 6.07) is 2.48. The van der Waals surface area contributed by atoms with E-state index in [4.69, 9.17) is 5.11 Å². The highest BCUT2D eigenvalue weighted by molar-refractivity contribution is 7.87. The summed E-state index contributed by atoms with van der Waals surface area (Å²) < 4.78 is 105. The minimum absolute atomic E-state index is 0.210. The third-order valence-corrected chi connectivity index (χ3v) is 7.67. The zero-order chi connectivity index (χ0) is 27.2. The average molecular weight is 567 g/mol. The molecule has 36 heavy (non-hydrogen) atoms. The lowest BCUT2D eigenvalue weighted by molar-refractivity contribution is -0.136. The molecule has 5 N–H and O–H groups in total. The van der Waals surface area contributed by atoms with Crippen molar-refractivity contribution in [1.82, 2.24) is 4.90 Å². The number of hydrogen-bond acceptors (Lipinski definition) is 11. The molecule has 0 bridgehead atoms. The molecule has 0 radical (unpaired) electrons. The van der Waals surface area contributed by atoms with Crippen LogP contribution in [0.5, 0.6) is 0 Å². The molecular formula is C18H18N2O13S3. The Labute approximate surface area is 204 Å². The van der Waals surface area contributed by atoms with Crippen LogP contribution in [0.15, 0.2) is 50.2 Å². The summed E-state index contributed by atoms with van der Waals surface area (Å²) in [5.41, 5.74) is -1.43. The SMILES string of the molecule is COC(=O)C1=C(Nc2cc3c(S(=O)(=O)O)cc(S(=O)(=O)O)cc3cc2S(=O)(=O)O)C(=O)N(CCO)C1. The second-order valence-corrected chi connectivity index (χ2v) is 11.5. The van der Waals surface area contributed by atoms with Crippen LogP contribution < -0.4 is 5.32 Å². The first kappa shape index (κ1) is 27.5. The van der Waals surface area contributed by atoms with E-state index in [9.17, 15) is 48.5 Å². The third kappa shape index (κ3) is 5.33. The van der Waals surface area contributed by atoms with E-state index in [0.717, 1.165) is 18.1 Å². The molecule has 15 nitrogen and oxygen atoms in total. The fraction of sp³-hybridized carbons (Fsp3) is 0.222. The number of carbonyl (C=O) groups excluding carboxylic acids is 2. The highest BCUT2D eigenvalue weighted by Gasteiger charge is 2.35. The van der Waals surface area contributed by atoms with E-state index in [1.54, 1.807) is 0 Å². The maximum absolute atomic E-state index is 12.8. The van der Waals surface area contributed by atoms with Crippen LogP contribution in [0, 0.1) is 0 Å². The molecule has 2 aromatic carbocycles. The lowest BCUT2D eigenvalue weighted by Gasteiger charge is -2.17. The van der Waals surface area contributed by atoms with Crippen LogP contribution in [0.2, 0.25) is 0 Å². The van der Waals surface area contributed by atoms with Crippen LogP contribution in [0.25, 0.3) is 10.8 Å². The van der Waals surface area contributed by atoms with Gasteiger partial charge in [0.15, 0.2) is 0 Å². The summed E-state index contributed by atoms with van der Waals surface area (Å²) in [5, 5.41) is 10.6. The van der Waals surface area contributed by atoms with Gasteiger partial charge in [0.1, 0.15) is 15.5 Å². The summed E-state index contributed by atoms with van der Waals surface area (Å²) in [6.45, 7) is -1.02. The number of carbonyl (C=O) groups is 2. The van der Waals surface area contributed by atoms with Crippen LogP contribution >= 0.6 is 0 Å². The van der Waals surface area contributed by atoms with Gasteiger partial charge in [-0.15, -0.1) is 0 Å². The number of methoxy groups -OCH3 is 1. The van der Waals surface area contributed by atoms with Gasteiger partial charge < -0.3 is 20.1 Å². The van der Waals surface area contributed by atoms with Gasteiger partial charge in [-0.1, -0.05) is 0 Å². The van der Waals surface area contributed by atoms with Crippen molar-refractivity contribution in [3.63, 3.8) is 0 Å². The molecule has 2 aromatic rings. The minimum atomic E-state index is -5.16. The van der Waals surface area contributed by atoms with Crippen molar-refractivity contribution >= 4 is 58.7 Å². The number of hydrogen-bond donors (Lipinski definition) is 5. The minimum Gasteiger partial charge on any atom is -0.466 e. The van der Waals surface area contributed by atoms with E-state index < -0.39 is 85.7 Å². The van der Waals surface area contributed by atoms with Crippen molar-refractivity contribution in [2.45, 2.75) is 14.7 Å². The number of anilines is 1. The Bertz CT molecular complexity index is 1640. The van der Waals surface area contributed by atoms with Gasteiger partial charge in [-0.05, 0) is 29.7 Å². The highest BCUT2D eigenvalue weighted by atomic mass is 32.2. The van der Waals surface area contributed by atoms with Gasteiger partial charge in [0.25, 0.3) is 36.3 Å². The normalized spacial score (nSPS) is 15.0. The van der Waals surface area contributed by atoms with Crippen molar-refractivity contribution in [2.24, 2.45) is 0 Å². The van der Waals surface area contributed by atoms with E-state index in [2.05, 4.69) is 10.1 Å². The van der Waals surface area contributed by atoms with Crippen LogP contribution in [0.1, 0.15) is 0 Å². The number of β-amino-alcohol motifs (C(OH)–C–C–N with tert-alkyl or cyclic N) is 1. The van der Waals surface area contributed by atoms with Gasteiger partial charge >= 0.3 is 5.97 Å². The molecule has 1 aliphatic rings. The molecule has 3 rings (SSSR count). The van der Waals surface area contributed by atoms with Crippen molar-refractivity contribution in [3.8, 4) is 0 Å². The summed E-state index contributed by atoms with van der Waals surface area (Å²) in [4.78, 5) is 23.0. The van der Waals surface area contributed by atoms with E-state index in [1.165, 1.54) is 0 Å². The van der Waals surface area contributed by atoms with Gasteiger partial charge in [-0.25, -0.2) is 4.79 Å². The van der Waals surface area contributed by atoms with Gasteiger partial charge in [0.05, 0.1) is 36.4 Å². The Morgan fingerprint density at radius 3 is 2.08 bits per heavy atom. The van der Waals surface area contributed by atoms with Gasteiger partial charge in [-0.3, -0.25) is 18.5 Å². The zero-order valence-corrected chi connectivity index (χ0v) is 20.5. The van der Waals surface area contributed by atoms with Crippen LogP contribution in [0.3, 0.4) is 0 Å². The van der Waals surface area contributed by atoms with Crippen LogP contribution in [-0.2, 0) is 44.7 Å². The Morgan fingerprint density at radius 2 is 1.58 bits per heavy atom. The topological polar surface area (TPSA) is 242 Å². The summed E-state index contributed by atoms with van der Waals surface area (Å²) in [5.74, 6) is -1.86. The number of aliphatic hydroxyl groups excluding tert-OH is 1. The van der Waals surface area contributed by atoms with Crippen molar-refractivity contribution in [2.75, 3.05) is 32.1 Å². The molecule has 0 spiro atoms. The maximum Gasteiger partial charge on any atom is 0.337 e. The monoisotopic (exact) mass is 566 g/mol. The molecule has 0 fully saturated rings. The van der Waals surface area contributed by atoms with Crippen LogP contribution in [0.4, 0.5) is 5.69 Å². The lowest BCUT2D eigenvalue weighted by atomic mass is 10.1. The molecule has 0 atom stereocenters. The average Bonchev–Trinajstić information content (AvgIpc) is 3.05. The van der Waals surface area contributed by atoms with Gasteiger partial charge in [0.2, 0.25) is 0 Å². The quantitative estimate of drug-likeness (QED) is 0.195. The fourth-order valence-corrected chi connectivity index (χ4v) is 5.50. The summed E-state index contributed by atoms with van der Waals surface area (Å²) in [7, 11) is -14.3. The lowest BCUT2D eigenvalue weighted by Crippen LogP contribution is -2.31. The van der Waals surface area contributed by atoms with Crippen LogP contribution in [-0.4, -0.2) is 87.6 Å². The molecule has 0 aliphatic carbocycles. The largest absolute Gasteiger partial charge is 0.466 e. The number of nitrogens with one attached hydrogen (secondary N) is 1. The number of fused-ring (bicyclic) bond motifs is 1. The number of rotatable bonds is 8. The van der Waals surface area contributed by atoms with E-state index in [-0.39, 0.29) is 18.7 Å². The molecule has 1 amide bonds. The molecule has 18 heteroatoms. The standard InChI is InChI=1S/C18H18N2O13S3/c1-33-18(23)12-8-20(2-3-21)17(22)16(12)19-13-7-11-9(5-15(13)36(30,31)32)4-10(34(24,25)26)6-14(11)35(27,28)29/h4-7,19,21H,2-3,8H2,1H3,(H,24,25,26)(H,27,28,29)(H,30,31,32). The predicted octanol–water partition coefficient (Wildman–Crippen LogP) is -0.747. The molecule has 0 saturated heterocycles.